The molecular formula is C8H15N3. The average molecular weight is 153 g/mol. The molecule has 6 N–H and O–H groups in total. The van der Waals surface area contributed by atoms with E-state index in [0.717, 1.165) is 29.8 Å². The lowest BCUT2D eigenvalue weighted by Crippen LogP contribution is -2.21. The van der Waals surface area contributed by atoms with Crippen molar-refractivity contribution in [3.63, 3.8) is 0 Å². The van der Waals surface area contributed by atoms with Crippen LogP contribution in [0.25, 0.3) is 0 Å². The molecule has 0 aromatic heterocycles. The van der Waals surface area contributed by atoms with Gasteiger partial charge in [0.25, 0.3) is 0 Å². The van der Waals surface area contributed by atoms with E-state index in [9.17, 15) is 0 Å². The number of hydrogen-bond acceptors (Lipinski definition) is 3. The van der Waals surface area contributed by atoms with E-state index in [1.807, 2.05) is 13.0 Å². The molecule has 1 unspecified atom stereocenters. The molecule has 0 radical (unpaired) electrons. The summed E-state index contributed by atoms with van der Waals surface area (Å²) >= 11 is 0. The Bertz CT molecular complexity index is 215. The lowest BCUT2D eigenvalue weighted by molar-refractivity contribution is 0.673. The number of nitrogens with two attached hydrogens (primary N) is 3. The molecule has 1 aliphatic carbocycles. The minimum Gasteiger partial charge on any atom is -0.402 e. The first-order chi connectivity index (χ1) is 5.11. The summed E-state index contributed by atoms with van der Waals surface area (Å²) in [6.07, 6.45) is 3.52. The summed E-state index contributed by atoms with van der Waals surface area (Å²) in [4.78, 5) is 0. The lowest BCUT2D eigenvalue weighted by atomic mass is 10.1. The van der Waals surface area contributed by atoms with Crippen molar-refractivity contribution in [3.05, 3.63) is 23.0 Å². The highest BCUT2D eigenvalue weighted by Gasteiger charge is 2.10. The SMILES string of the molecule is CC1=C(N)CC(N)CC=C1N. The standard InChI is InChI=1S/C8H15N3/c1-5-7(10)3-2-6(9)4-8(5)11/h3,6H,2,4,9-11H2,1H3. The van der Waals surface area contributed by atoms with Gasteiger partial charge < -0.3 is 17.2 Å². The summed E-state index contributed by atoms with van der Waals surface area (Å²) in [5.74, 6) is 0. The largest absolute Gasteiger partial charge is 0.402 e. The molecule has 0 heterocycles. The van der Waals surface area contributed by atoms with Gasteiger partial charge in [0.15, 0.2) is 0 Å². The smallest absolute Gasteiger partial charge is 0.0321 e. The van der Waals surface area contributed by atoms with Crippen LogP contribution < -0.4 is 17.2 Å². The molecule has 0 aromatic rings. The molecule has 0 spiro atoms. The van der Waals surface area contributed by atoms with E-state index in [1.165, 1.54) is 0 Å². The molecule has 0 aliphatic heterocycles. The Morgan fingerprint density at radius 1 is 1.45 bits per heavy atom. The van der Waals surface area contributed by atoms with Crippen LogP contribution in [0.4, 0.5) is 0 Å². The van der Waals surface area contributed by atoms with Gasteiger partial charge in [-0.15, -0.1) is 0 Å². The van der Waals surface area contributed by atoms with Crippen LogP contribution in [-0.2, 0) is 0 Å². The molecule has 1 aliphatic rings. The second-order valence-electron chi connectivity index (χ2n) is 3.01. The van der Waals surface area contributed by atoms with Crippen LogP contribution in [0.5, 0.6) is 0 Å². The van der Waals surface area contributed by atoms with Gasteiger partial charge in [0.05, 0.1) is 0 Å². The highest BCUT2D eigenvalue weighted by molar-refractivity contribution is 5.32. The highest BCUT2D eigenvalue weighted by Crippen LogP contribution is 2.16. The third kappa shape index (κ3) is 1.74. The molecule has 0 bridgehead atoms. The Hall–Kier alpha value is -0.960. The summed E-state index contributed by atoms with van der Waals surface area (Å²) in [5.41, 5.74) is 19.8. The summed E-state index contributed by atoms with van der Waals surface area (Å²) in [6, 6.07) is 0.131. The maximum absolute atomic E-state index is 5.74. The summed E-state index contributed by atoms with van der Waals surface area (Å²) < 4.78 is 0. The van der Waals surface area contributed by atoms with Gasteiger partial charge in [-0.3, -0.25) is 0 Å². The fourth-order valence-electron chi connectivity index (χ4n) is 1.14. The third-order valence-electron chi connectivity index (χ3n) is 2.04. The van der Waals surface area contributed by atoms with E-state index >= 15 is 0 Å². The van der Waals surface area contributed by atoms with E-state index in [0.29, 0.717) is 0 Å². The molecular weight excluding hydrogens is 138 g/mol. The van der Waals surface area contributed by atoms with E-state index in [1.54, 1.807) is 0 Å². The monoisotopic (exact) mass is 153 g/mol. The molecule has 0 saturated heterocycles. The van der Waals surface area contributed by atoms with Crippen LogP contribution in [0.2, 0.25) is 0 Å². The maximum Gasteiger partial charge on any atom is 0.0321 e. The topological polar surface area (TPSA) is 78.1 Å². The first kappa shape index (κ1) is 8.14. The van der Waals surface area contributed by atoms with Crippen molar-refractivity contribution in [3.8, 4) is 0 Å². The van der Waals surface area contributed by atoms with Crippen molar-refractivity contribution < 1.29 is 0 Å². The van der Waals surface area contributed by atoms with Gasteiger partial charge in [0.1, 0.15) is 0 Å². The Morgan fingerprint density at radius 3 is 2.73 bits per heavy atom. The first-order valence-corrected chi connectivity index (χ1v) is 3.78. The predicted octanol–water partition coefficient (Wildman–Crippen LogP) is 0.183. The van der Waals surface area contributed by atoms with Crippen LogP contribution in [0.15, 0.2) is 23.0 Å². The molecule has 11 heavy (non-hydrogen) atoms. The Morgan fingerprint density at radius 2 is 2.09 bits per heavy atom. The minimum absolute atomic E-state index is 0.131. The first-order valence-electron chi connectivity index (χ1n) is 3.78. The Labute approximate surface area is 66.9 Å². The summed E-state index contributed by atoms with van der Waals surface area (Å²) in [5, 5.41) is 0. The van der Waals surface area contributed by atoms with Crippen molar-refractivity contribution in [2.45, 2.75) is 25.8 Å². The van der Waals surface area contributed by atoms with Crippen LogP contribution in [0.1, 0.15) is 19.8 Å². The van der Waals surface area contributed by atoms with Gasteiger partial charge in [0, 0.05) is 23.9 Å². The second-order valence-corrected chi connectivity index (χ2v) is 3.01. The minimum atomic E-state index is 0.131. The number of rotatable bonds is 0. The van der Waals surface area contributed by atoms with E-state index < -0.39 is 0 Å². The van der Waals surface area contributed by atoms with Gasteiger partial charge in [-0.2, -0.15) is 0 Å². The van der Waals surface area contributed by atoms with E-state index in [4.69, 9.17) is 17.2 Å². The van der Waals surface area contributed by atoms with Gasteiger partial charge in [-0.1, -0.05) is 6.08 Å². The Balaban J connectivity index is 2.90. The lowest BCUT2D eigenvalue weighted by Gasteiger charge is -2.07. The molecule has 1 rings (SSSR count). The predicted molar refractivity (Wildman–Crippen MR) is 46.4 cm³/mol. The zero-order valence-corrected chi connectivity index (χ0v) is 6.80. The molecule has 3 heteroatoms. The quantitative estimate of drug-likeness (QED) is 0.464. The van der Waals surface area contributed by atoms with Crippen molar-refractivity contribution in [2.75, 3.05) is 0 Å². The second kappa shape index (κ2) is 2.96. The maximum atomic E-state index is 5.74. The van der Waals surface area contributed by atoms with Gasteiger partial charge in [-0.25, -0.2) is 0 Å². The fourth-order valence-corrected chi connectivity index (χ4v) is 1.14. The highest BCUT2D eigenvalue weighted by atomic mass is 14.7. The van der Waals surface area contributed by atoms with Crippen molar-refractivity contribution >= 4 is 0 Å². The third-order valence-corrected chi connectivity index (χ3v) is 2.04. The van der Waals surface area contributed by atoms with Crippen LogP contribution in [0, 0.1) is 0 Å². The zero-order valence-electron chi connectivity index (χ0n) is 6.80. The molecule has 0 amide bonds. The van der Waals surface area contributed by atoms with Gasteiger partial charge in [-0.05, 0) is 18.9 Å². The molecule has 1 atom stereocenters. The van der Waals surface area contributed by atoms with Gasteiger partial charge in [0.2, 0.25) is 0 Å². The zero-order chi connectivity index (χ0) is 8.43. The normalized spacial score (nSPS) is 26.4. The summed E-state index contributed by atoms with van der Waals surface area (Å²) in [7, 11) is 0. The fraction of sp³-hybridized carbons (Fsp3) is 0.500. The van der Waals surface area contributed by atoms with Crippen LogP contribution >= 0.6 is 0 Å². The van der Waals surface area contributed by atoms with Gasteiger partial charge >= 0.3 is 0 Å². The van der Waals surface area contributed by atoms with Crippen LogP contribution in [0.3, 0.4) is 0 Å². The van der Waals surface area contributed by atoms with E-state index in [2.05, 4.69) is 0 Å². The molecule has 3 nitrogen and oxygen atoms in total. The molecule has 0 fully saturated rings. The Kier molecular flexibility index (Phi) is 2.19. The summed E-state index contributed by atoms with van der Waals surface area (Å²) in [6.45, 7) is 1.93. The number of hydrogen-bond donors (Lipinski definition) is 3. The van der Waals surface area contributed by atoms with Crippen molar-refractivity contribution in [1.82, 2.24) is 0 Å². The van der Waals surface area contributed by atoms with Crippen LogP contribution in [-0.4, -0.2) is 6.04 Å². The van der Waals surface area contributed by atoms with Crippen molar-refractivity contribution in [2.24, 2.45) is 17.2 Å². The average Bonchev–Trinajstić information content (AvgIpc) is 2.05. The number of allylic oxidation sites excluding steroid dienone is 1. The molecule has 0 saturated carbocycles. The van der Waals surface area contributed by atoms with Crippen molar-refractivity contribution in [1.29, 1.82) is 0 Å². The molecule has 62 valence electrons. The molecule has 0 aromatic carbocycles. The van der Waals surface area contributed by atoms with E-state index in [-0.39, 0.29) is 6.04 Å².